The number of aromatic nitrogens is 4. The molecule has 3 aromatic rings. The number of thiazole rings is 1. The molecular weight excluding hydrogens is 350 g/mol. The van der Waals surface area contributed by atoms with Gasteiger partial charge in [-0.3, -0.25) is 19.8 Å². The van der Waals surface area contributed by atoms with E-state index in [1.807, 2.05) is 22.9 Å². The molecule has 0 saturated heterocycles. The number of nitrogens with zero attached hydrogens (tertiary/aromatic N) is 3. The van der Waals surface area contributed by atoms with Crippen LogP contribution in [0.1, 0.15) is 15.4 Å². The minimum Gasteiger partial charge on any atom is -0.297 e. The average molecular weight is 363 g/mol. The van der Waals surface area contributed by atoms with Gasteiger partial charge in [-0.2, -0.15) is 5.10 Å². The van der Waals surface area contributed by atoms with Gasteiger partial charge in [0.2, 0.25) is 0 Å². The summed E-state index contributed by atoms with van der Waals surface area (Å²) in [5.74, 6) is 0.534. The van der Waals surface area contributed by atoms with Crippen LogP contribution in [0.25, 0.3) is 10.7 Å². The van der Waals surface area contributed by atoms with E-state index in [-0.39, 0.29) is 5.91 Å². The number of aromatic amines is 1. The summed E-state index contributed by atoms with van der Waals surface area (Å²) in [4.78, 5) is 18.0. The van der Waals surface area contributed by atoms with Crippen LogP contribution in [0.2, 0.25) is 0 Å². The minimum absolute atomic E-state index is 0.162. The van der Waals surface area contributed by atoms with Gasteiger partial charge in [-0.1, -0.05) is 23.5 Å². The first kappa shape index (κ1) is 15.8. The lowest BCUT2D eigenvalue weighted by molar-refractivity contribution is 0.103. The Morgan fingerprint density at radius 1 is 1.61 bits per heavy atom. The molecule has 3 aromatic heterocycles. The zero-order valence-corrected chi connectivity index (χ0v) is 14.6. The molecule has 0 bridgehead atoms. The molecule has 23 heavy (non-hydrogen) atoms. The van der Waals surface area contributed by atoms with E-state index in [2.05, 4.69) is 27.1 Å². The standard InChI is InChI=1S/C14H13N5OS3/c1-3-6-19-11(17-18-14(19)21)10-8(2)15-13(23-10)16-12(20)9-5-4-7-22-9/h3-5,7H,1,6H2,2H3,(H,18,21)(H,15,16,20). The van der Waals surface area contributed by atoms with Crippen molar-refractivity contribution in [3.05, 3.63) is 45.5 Å². The Bertz CT molecular complexity index is 903. The first-order chi connectivity index (χ1) is 11.1. The molecule has 3 rings (SSSR count). The van der Waals surface area contributed by atoms with Gasteiger partial charge < -0.3 is 0 Å². The monoisotopic (exact) mass is 363 g/mol. The SMILES string of the molecule is C=CCn1c(-c2sc(NC(=O)c3cccs3)nc2C)n[nH]c1=S. The number of aryl methyl sites for hydroxylation is 1. The maximum atomic E-state index is 12.1. The predicted octanol–water partition coefficient (Wildman–Crippen LogP) is 3.87. The highest BCUT2D eigenvalue weighted by molar-refractivity contribution is 7.71. The summed E-state index contributed by atoms with van der Waals surface area (Å²) in [5, 5.41) is 12.3. The Hall–Kier alpha value is -2.10. The van der Waals surface area contributed by atoms with Gasteiger partial charge in [0, 0.05) is 6.54 Å². The highest BCUT2D eigenvalue weighted by Crippen LogP contribution is 2.32. The molecule has 2 N–H and O–H groups in total. The maximum Gasteiger partial charge on any atom is 0.267 e. The quantitative estimate of drug-likeness (QED) is 0.533. The molecule has 1 amide bonds. The Morgan fingerprint density at radius 3 is 3.13 bits per heavy atom. The Kier molecular flexibility index (Phi) is 4.51. The second-order valence-electron chi connectivity index (χ2n) is 4.62. The lowest BCUT2D eigenvalue weighted by Crippen LogP contribution is -2.09. The molecule has 0 spiro atoms. The number of amides is 1. The molecule has 0 aromatic carbocycles. The number of nitrogens with one attached hydrogen (secondary N) is 2. The van der Waals surface area contributed by atoms with E-state index in [1.54, 1.807) is 12.1 Å². The van der Waals surface area contributed by atoms with Crippen molar-refractivity contribution in [3.63, 3.8) is 0 Å². The third-order valence-electron chi connectivity index (χ3n) is 3.04. The van der Waals surface area contributed by atoms with Crippen molar-refractivity contribution in [2.75, 3.05) is 5.32 Å². The molecule has 0 aliphatic rings. The molecular formula is C14H13N5OS3. The summed E-state index contributed by atoms with van der Waals surface area (Å²) in [5.41, 5.74) is 0.788. The van der Waals surface area contributed by atoms with Gasteiger partial charge in [-0.05, 0) is 30.6 Å². The third-order valence-corrected chi connectivity index (χ3v) is 5.28. The normalized spacial score (nSPS) is 10.7. The number of thiophene rings is 1. The first-order valence-corrected chi connectivity index (χ1v) is 8.79. The molecule has 0 radical (unpaired) electrons. The van der Waals surface area contributed by atoms with E-state index in [0.717, 1.165) is 10.6 Å². The van der Waals surface area contributed by atoms with Crippen LogP contribution in [0.5, 0.6) is 0 Å². The molecule has 6 nitrogen and oxygen atoms in total. The fraction of sp³-hybridized carbons (Fsp3) is 0.143. The predicted molar refractivity (Wildman–Crippen MR) is 95.7 cm³/mol. The van der Waals surface area contributed by atoms with Crippen LogP contribution in [-0.4, -0.2) is 25.7 Å². The lowest BCUT2D eigenvalue weighted by Gasteiger charge is -2.01. The third kappa shape index (κ3) is 3.16. The van der Waals surface area contributed by atoms with Gasteiger partial charge >= 0.3 is 0 Å². The van der Waals surface area contributed by atoms with E-state index < -0.39 is 0 Å². The van der Waals surface area contributed by atoms with Crippen LogP contribution < -0.4 is 5.32 Å². The number of hydrogen-bond acceptors (Lipinski definition) is 6. The van der Waals surface area contributed by atoms with Gasteiger partial charge in [0.15, 0.2) is 15.7 Å². The van der Waals surface area contributed by atoms with Crippen molar-refractivity contribution in [3.8, 4) is 10.7 Å². The van der Waals surface area contributed by atoms with Crippen LogP contribution in [0.15, 0.2) is 30.2 Å². The van der Waals surface area contributed by atoms with Crippen molar-refractivity contribution in [2.24, 2.45) is 0 Å². The summed E-state index contributed by atoms with van der Waals surface area (Å²) in [6.45, 7) is 6.16. The van der Waals surface area contributed by atoms with E-state index in [1.165, 1.54) is 22.7 Å². The second kappa shape index (κ2) is 6.57. The summed E-state index contributed by atoms with van der Waals surface area (Å²) < 4.78 is 2.37. The number of H-pyrrole nitrogens is 1. The highest BCUT2D eigenvalue weighted by Gasteiger charge is 2.17. The fourth-order valence-corrected chi connectivity index (χ4v) is 3.80. The average Bonchev–Trinajstić information content (AvgIpc) is 3.22. The van der Waals surface area contributed by atoms with E-state index >= 15 is 0 Å². The van der Waals surface area contributed by atoms with Gasteiger partial charge in [0.1, 0.15) is 0 Å². The second-order valence-corrected chi connectivity index (χ2v) is 6.95. The highest BCUT2D eigenvalue weighted by atomic mass is 32.1. The molecule has 0 unspecified atom stereocenters. The van der Waals surface area contributed by atoms with E-state index in [9.17, 15) is 4.79 Å². The van der Waals surface area contributed by atoms with Crippen LogP contribution in [0, 0.1) is 11.7 Å². The Labute approximate surface area is 145 Å². The van der Waals surface area contributed by atoms with Crippen molar-refractivity contribution in [2.45, 2.75) is 13.5 Å². The number of carbonyl (C=O) groups excluding carboxylic acids is 1. The van der Waals surface area contributed by atoms with Gasteiger partial charge in [-0.25, -0.2) is 4.98 Å². The number of rotatable bonds is 5. The number of carbonyl (C=O) groups is 1. The number of allylic oxidation sites excluding steroid dienone is 1. The van der Waals surface area contributed by atoms with Crippen LogP contribution in [0.4, 0.5) is 5.13 Å². The van der Waals surface area contributed by atoms with Gasteiger partial charge in [-0.15, -0.1) is 17.9 Å². The Balaban J connectivity index is 1.91. The molecule has 0 atom stereocenters. The summed E-state index contributed by atoms with van der Waals surface area (Å²) in [7, 11) is 0. The van der Waals surface area contributed by atoms with Crippen molar-refractivity contribution < 1.29 is 4.79 Å². The van der Waals surface area contributed by atoms with E-state index in [0.29, 0.717) is 27.1 Å². The smallest absolute Gasteiger partial charge is 0.267 e. The summed E-state index contributed by atoms with van der Waals surface area (Å²) >= 11 is 7.98. The topological polar surface area (TPSA) is 75.6 Å². The molecule has 3 heterocycles. The maximum absolute atomic E-state index is 12.1. The van der Waals surface area contributed by atoms with Crippen molar-refractivity contribution in [1.82, 2.24) is 19.7 Å². The molecule has 0 fully saturated rings. The zero-order chi connectivity index (χ0) is 16.4. The number of hydrogen-bond donors (Lipinski definition) is 2. The molecule has 9 heteroatoms. The molecule has 0 aliphatic heterocycles. The van der Waals surface area contributed by atoms with Gasteiger partial charge in [0.25, 0.3) is 5.91 Å². The van der Waals surface area contributed by atoms with Crippen LogP contribution in [0.3, 0.4) is 0 Å². The molecule has 118 valence electrons. The number of anilines is 1. The lowest BCUT2D eigenvalue weighted by atomic mass is 10.3. The Morgan fingerprint density at radius 2 is 2.43 bits per heavy atom. The fourth-order valence-electron chi connectivity index (χ4n) is 2.01. The van der Waals surface area contributed by atoms with Crippen molar-refractivity contribution >= 4 is 45.9 Å². The van der Waals surface area contributed by atoms with Crippen molar-refractivity contribution in [1.29, 1.82) is 0 Å². The largest absolute Gasteiger partial charge is 0.297 e. The molecule has 0 aliphatic carbocycles. The van der Waals surface area contributed by atoms with E-state index in [4.69, 9.17) is 12.2 Å². The van der Waals surface area contributed by atoms with Crippen LogP contribution in [-0.2, 0) is 6.54 Å². The summed E-state index contributed by atoms with van der Waals surface area (Å²) in [6.07, 6.45) is 1.75. The zero-order valence-electron chi connectivity index (χ0n) is 12.2. The first-order valence-electron chi connectivity index (χ1n) is 6.69. The summed E-state index contributed by atoms with van der Waals surface area (Å²) in [6, 6.07) is 3.61. The van der Waals surface area contributed by atoms with Gasteiger partial charge in [0.05, 0.1) is 15.4 Å². The van der Waals surface area contributed by atoms with Crippen LogP contribution >= 0.6 is 34.9 Å². The minimum atomic E-state index is -0.162. The molecule has 0 saturated carbocycles.